The lowest BCUT2D eigenvalue weighted by atomic mass is 9.83. The lowest BCUT2D eigenvalue weighted by Crippen LogP contribution is -2.55. The van der Waals surface area contributed by atoms with Gasteiger partial charge in [-0.3, -0.25) is 14.7 Å². The summed E-state index contributed by atoms with van der Waals surface area (Å²) < 4.78 is 63.2. The van der Waals surface area contributed by atoms with E-state index in [0.29, 0.717) is 53.1 Å². The second-order valence-corrected chi connectivity index (χ2v) is 20.1. The number of hydrogen-bond acceptors (Lipinski definition) is 9. The molecule has 3 aromatic rings. The van der Waals surface area contributed by atoms with Crippen LogP contribution in [-0.4, -0.2) is 115 Å². The van der Waals surface area contributed by atoms with Gasteiger partial charge < -0.3 is 24.0 Å². The first-order chi connectivity index (χ1) is 24.9. The molecule has 6 rings (SSSR count). The number of piperidine rings is 2. The number of carbonyl (C=O) groups is 1. The van der Waals surface area contributed by atoms with E-state index in [-0.39, 0.29) is 26.9 Å². The van der Waals surface area contributed by atoms with Gasteiger partial charge in [-0.05, 0) is 106 Å². The number of likely N-dealkylation sites (tertiary alicyclic amines) is 1. The van der Waals surface area contributed by atoms with E-state index in [1.165, 1.54) is 18.3 Å². The van der Waals surface area contributed by atoms with Gasteiger partial charge in [0.2, 0.25) is 15.7 Å². The van der Waals surface area contributed by atoms with Crippen LogP contribution in [-0.2, 0) is 25.8 Å². The molecule has 0 N–H and O–H groups in total. The van der Waals surface area contributed by atoms with Crippen molar-refractivity contribution in [2.75, 3.05) is 63.5 Å². The lowest BCUT2D eigenvalue weighted by Gasteiger charge is -2.46. The van der Waals surface area contributed by atoms with Gasteiger partial charge in [-0.2, -0.15) is 0 Å². The summed E-state index contributed by atoms with van der Waals surface area (Å²) in [5.74, 6) is -0.581. The van der Waals surface area contributed by atoms with Crippen LogP contribution >= 0.6 is 0 Å². The molecule has 3 saturated heterocycles. The van der Waals surface area contributed by atoms with E-state index in [1.807, 2.05) is 18.7 Å². The van der Waals surface area contributed by atoms with Crippen LogP contribution in [0.1, 0.15) is 73.6 Å². The van der Waals surface area contributed by atoms with Crippen molar-refractivity contribution in [2.45, 2.75) is 106 Å². The van der Waals surface area contributed by atoms with E-state index in [2.05, 4.69) is 40.5 Å². The number of fused-ring (bicyclic) bond motifs is 1. The number of anilines is 1. The largest absolute Gasteiger partial charge is 0.612 e. The molecular formula is C40H56FN5O5S2. The molecule has 3 aliphatic heterocycles. The van der Waals surface area contributed by atoms with Gasteiger partial charge >= 0.3 is 0 Å². The minimum atomic E-state index is -4.23. The van der Waals surface area contributed by atoms with Crippen molar-refractivity contribution >= 4 is 43.5 Å². The molecule has 290 valence electrons. The van der Waals surface area contributed by atoms with Gasteiger partial charge in [0.25, 0.3) is 0 Å². The molecule has 13 heteroatoms. The zero-order valence-electron chi connectivity index (χ0n) is 32.4. The van der Waals surface area contributed by atoms with Crippen molar-refractivity contribution in [1.82, 2.24) is 19.7 Å². The second kappa shape index (κ2) is 15.6. The number of ether oxygens (including phenoxy) is 1. The number of amides is 1. The fourth-order valence-electron chi connectivity index (χ4n) is 8.78. The van der Waals surface area contributed by atoms with Crippen molar-refractivity contribution < 1.29 is 26.9 Å². The molecule has 0 spiro atoms. The van der Waals surface area contributed by atoms with E-state index in [0.717, 1.165) is 71.0 Å². The number of pyridine rings is 1. The Morgan fingerprint density at radius 1 is 0.906 bits per heavy atom. The molecule has 53 heavy (non-hydrogen) atoms. The van der Waals surface area contributed by atoms with E-state index >= 15 is 4.39 Å². The molecule has 0 bridgehead atoms. The SMILES string of the molecule is CC(=O)N1CCN(C2CCN(C3CCN(c4c(S(=O)(=O)c5ccc(OC(C)(C)CC(C)(C)C)c(F)c5)cnc5ccc([S+](C)[O-])cc45)CC3)CC2)CC1. The summed E-state index contributed by atoms with van der Waals surface area (Å²) in [6.07, 6.45) is 7.60. The standard InChI is InChI=1S/C40H56FN5O5S2/c1-28(47)43-20-22-45(23-21-43)30-12-16-44(17-13-30)29-14-18-46(19-15-29)38-33-24-31(52(7)48)8-10-35(33)42-26-37(38)53(49,50)32-9-11-36(34(41)25-32)51-40(5,6)27-39(2,3)4/h8-11,24-26,29-30H,12-23,27H2,1-7H3. The van der Waals surface area contributed by atoms with Crippen LogP contribution in [0.2, 0.25) is 0 Å². The fraction of sp³-hybridized carbons (Fsp3) is 0.600. The highest BCUT2D eigenvalue weighted by Crippen LogP contribution is 2.40. The minimum Gasteiger partial charge on any atom is -0.612 e. The number of rotatable bonds is 9. The zero-order valence-corrected chi connectivity index (χ0v) is 34.0. The summed E-state index contributed by atoms with van der Waals surface area (Å²) in [4.78, 5) is 25.9. The lowest BCUT2D eigenvalue weighted by molar-refractivity contribution is -0.131. The summed E-state index contributed by atoms with van der Waals surface area (Å²) in [6, 6.07) is 10.1. The van der Waals surface area contributed by atoms with E-state index in [4.69, 9.17) is 4.74 Å². The minimum absolute atomic E-state index is 0.00628. The number of hydrogen-bond donors (Lipinski definition) is 0. The topological polar surface area (TPSA) is 109 Å². The Kier molecular flexibility index (Phi) is 11.7. The number of halogens is 1. The maximum atomic E-state index is 15.6. The summed E-state index contributed by atoms with van der Waals surface area (Å²) in [5, 5.41) is 0.618. The van der Waals surface area contributed by atoms with Crippen LogP contribution < -0.4 is 9.64 Å². The number of aromatic nitrogens is 1. The Labute approximate surface area is 318 Å². The van der Waals surface area contributed by atoms with Crippen LogP contribution in [0, 0.1) is 11.2 Å². The number of sulfone groups is 1. The molecule has 0 saturated carbocycles. The summed E-state index contributed by atoms with van der Waals surface area (Å²) in [7, 11) is -4.23. The Bertz CT molecular complexity index is 1890. The van der Waals surface area contributed by atoms with Crippen molar-refractivity contribution in [3.63, 3.8) is 0 Å². The average molecular weight is 770 g/mol. The van der Waals surface area contributed by atoms with Gasteiger partial charge in [-0.15, -0.1) is 0 Å². The third-order valence-corrected chi connectivity index (χ3v) is 13.7. The molecule has 1 aromatic heterocycles. The van der Waals surface area contributed by atoms with Gasteiger partial charge in [-0.25, -0.2) is 12.8 Å². The molecule has 3 aliphatic rings. The average Bonchev–Trinajstić information content (AvgIpc) is 3.10. The van der Waals surface area contributed by atoms with E-state index < -0.39 is 32.4 Å². The molecule has 10 nitrogen and oxygen atoms in total. The number of nitrogens with zero attached hydrogens (tertiary/aromatic N) is 5. The van der Waals surface area contributed by atoms with Gasteiger partial charge in [0.15, 0.2) is 16.5 Å². The maximum Gasteiger partial charge on any atom is 0.219 e. The van der Waals surface area contributed by atoms with Gasteiger partial charge in [-0.1, -0.05) is 20.8 Å². The normalized spacial score (nSPS) is 19.9. The van der Waals surface area contributed by atoms with E-state index in [9.17, 15) is 17.8 Å². The van der Waals surface area contributed by atoms with Gasteiger partial charge in [0, 0.05) is 75.9 Å². The third kappa shape index (κ3) is 9.12. The molecule has 1 amide bonds. The molecule has 1 unspecified atom stereocenters. The molecule has 0 aliphatic carbocycles. The van der Waals surface area contributed by atoms with Crippen LogP contribution in [0.5, 0.6) is 5.75 Å². The first kappa shape index (κ1) is 39.7. The Morgan fingerprint density at radius 3 is 2.08 bits per heavy atom. The quantitative estimate of drug-likeness (QED) is 0.238. The highest BCUT2D eigenvalue weighted by Gasteiger charge is 2.35. The zero-order chi connectivity index (χ0) is 38.3. The Balaban J connectivity index is 1.22. The number of piperazine rings is 1. The fourth-order valence-corrected chi connectivity index (χ4v) is 10.8. The molecule has 2 aromatic carbocycles. The smallest absolute Gasteiger partial charge is 0.219 e. The first-order valence-electron chi connectivity index (χ1n) is 18.9. The predicted molar refractivity (Wildman–Crippen MR) is 208 cm³/mol. The Hall–Kier alpha value is -2.97. The summed E-state index contributed by atoms with van der Waals surface area (Å²) >= 11 is -1.29. The van der Waals surface area contributed by atoms with Crippen molar-refractivity contribution in [3.8, 4) is 5.75 Å². The predicted octanol–water partition coefficient (Wildman–Crippen LogP) is 6.14. The van der Waals surface area contributed by atoms with Crippen LogP contribution in [0.15, 0.2) is 57.3 Å². The number of benzene rings is 2. The molecular weight excluding hydrogens is 714 g/mol. The first-order valence-corrected chi connectivity index (χ1v) is 21.9. The van der Waals surface area contributed by atoms with Crippen LogP contribution in [0.4, 0.5) is 10.1 Å². The summed E-state index contributed by atoms with van der Waals surface area (Å²) in [5.41, 5.74) is 0.419. The monoisotopic (exact) mass is 769 g/mol. The highest BCUT2D eigenvalue weighted by molar-refractivity contribution is 7.91. The van der Waals surface area contributed by atoms with Gasteiger partial charge in [0.1, 0.15) is 16.8 Å². The van der Waals surface area contributed by atoms with Crippen molar-refractivity contribution in [3.05, 3.63) is 48.4 Å². The summed E-state index contributed by atoms with van der Waals surface area (Å²) in [6.45, 7) is 18.5. The maximum absolute atomic E-state index is 15.6. The van der Waals surface area contributed by atoms with E-state index in [1.54, 1.807) is 31.4 Å². The Morgan fingerprint density at radius 2 is 1.51 bits per heavy atom. The van der Waals surface area contributed by atoms with Crippen molar-refractivity contribution in [2.24, 2.45) is 5.41 Å². The third-order valence-electron chi connectivity index (χ3n) is 11.0. The molecule has 0 radical (unpaired) electrons. The molecule has 4 heterocycles. The second-order valence-electron chi connectivity index (χ2n) is 16.8. The van der Waals surface area contributed by atoms with Crippen molar-refractivity contribution in [1.29, 1.82) is 0 Å². The molecule has 3 fully saturated rings. The van der Waals surface area contributed by atoms with Crippen LogP contribution in [0.25, 0.3) is 10.9 Å². The molecule has 1 atom stereocenters. The number of carbonyl (C=O) groups excluding carboxylic acids is 1. The highest BCUT2D eigenvalue weighted by atomic mass is 32.2. The van der Waals surface area contributed by atoms with Gasteiger partial charge in [0.05, 0.1) is 16.1 Å². The van der Waals surface area contributed by atoms with Crippen LogP contribution in [0.3, 0.4) is 0 Å².